The molecular formula is C49H31N3OS. The molecule has 0 fully saturated rings. The van der Waals surface area contributed by atoms with Crippen LogP contribution in [-0.2, 0) is 5.41 Å². The van der Waals surface area contributed by atoms with Crippen LogP contribution in [0.5, 0.6) is 0 Å². The molecular weight excluding hydrogens is 679 g/mol. The van der Waals surface area contributed by atoms with Crippen molar-refractivity contribution in [3.05, 3.63) is 163 Å². The summed E-state index contributed by atoms with van der Waals surface area (Å²) in [4.78, 5) is 9.81. The van der Waals surface area contributed by atoms with Gasteiger partial charge in [0.05, 0.1) is 26.9 Å². The summed E-state index contributed by atoms with van der Waals surface area (Å²) in [6.45, 7) is 4.71. The molecule has 7 aromatic carbocycles. The van der Waals surface area contributed by atoms with Gasteiger partial charge in [-0.05, 0) is 76.3 Å². The zero-order valence-electron chi connectivity index (χ0n) is 29.6. The zero-order chi connectivity index (χ0) is 35.7. The number of aromatic nitrogens is 3. The first-order valence-corrected chi connectivity index (χ1v) is 19.2. The van der Waals surface area contributed by atoms with Crippen molar-refractivity contribution < 1.29 is 4.42 Å². The Kier molecular flexibility index (Phi) is 5.96. The minimum absolute atomic E-state index is 0.0852. The average molecular weight is 710 g/mol. The molecule has 0 unspecified atom stereocenters. The first-order chi connectivity index (χ1) is 26.5. The van der Waals surface area contributed by atoms with Crippen molar-refractivity contribution in [3.8, 4) is 39.2 Å². The number of rotatable bonds is 3. The molecule has 4 aromatic heterocycles. The Morgan fingerprint density at radius 2 is 1.33 bits per heavy atom. The van der Waals surface area contributed by atoms with Crippen molar-refractivity contribution in [2.75, 3.05) is 0 Å². The van der Waals surface area contributed by atoms with Crippen molar-refractivity contribution >= 4 is 75.4 Å². The van der Waals surface area contributed by atoms with Gasteiger partial charge in [-0.15, -0.1) is 11.3 Å². The van der Waals surface area contributed by atoms with Gasteiger partial charge in [-0.1, -0.05) is 111 Å². The summed E-state index contributed by atoms with van der Waals surface area (Å²) in [6.07, 6.45) is 1.71. The highest BCUT2D eigenvalue weighted by molar-refractivity contribution is 7.26. The Bertz CT molecular complexity index is 3380. The van der Waals surface area contributed by atoms with Gasteiger partial charge in [-0.2, -0.15) is 0 Å². The number of hydrogen-bond acceptors (Lipinski definition) is 4. The third-order valence-electron chi connectivity index (χ3n) is 11.7. The maximum atomic E-state index is 6.41. The molecule has 0 atom stereocenters. The number of thiophene rings is 1. The molecule has 0 spiro atoms. The van der Waals surface area contributed by atoms with E-state index in [-0.39, 0.29) is 5.41 Å². The van der Waals surface area contributed by atoms with Crippen molar-refractivity contribution in [3.63, 3.8) is 0 Å². The second kappa shape index (κ2) is 10.8. The highest BCUT2D eigenvalue weighted by atomic mass is 32.1. The number of para-hydroxylation sites is 3. The van der Waals surface area contributed by atoms with Gasteiger partial charge in [0.15, 0.2) is 0 Å². The number of nitrogens with zero attached hydrogens (tertiary/aromatic N) is 3. The first kappa shape index (κ1) is 30.0. The molecule has 1 aliphatic rings. The maximum absolute atomic E-state index is 6.41. The van der Waals surface area contributed by atoms with Gasteiger partial charge in [0, 0.05) is 53.9 Å². The molecule has 0 N–H and O–H groups in total. The zero-order valence-corrected chi connectivity index (χ0v) is 30.4. The van der Waals surface area contributed by atoms with E-state index in [0.717, 1.165) is 65.6 Å². The molecule has 0 radical (unpaired) electrons. The Balaban J connectivity index is 1.03. The Morgan fingerprint density at radius 1 is 0.556 bits per heavy atom. The first-order valence-electron chi connectivity index (χ1n) is 18.4. The molecule has 54 heavy (non-hydrogen) atoms. The summed E-state index contributed by atoms with van der Waals surface area (Å²) in [6, 6.07) is 52.7. The molecule has 0 amide bonds. The van der Waals surface area contributed by atoms with E-state index in [0.29, 0.717) is 0 Å². The van der Waals surface area contributed by atoms with Gasteiger partial charge in [0.2, 0.25) is 0 Å². The summed E-state index contributed by atoms with van der Waals surface area (Å²) in [5.41, 5.74) is 15.9. The van der Waals surface area contributed by atoms with Crippen LogP contribution < -0.4 is 0 Å². The van der Waals surface area contributed by atoms with Crippen molar-refractivity contribution in [1.29, 1.82) is 0 Å². The van der Waals surface area contributed by atoms with Crippen LogP contribution in [0.25, 0.3) is 103 Å². The molecule has 11 aromatic rings. The van der Waals surface area contributed by atoms with E-state index in [1.165, 1.54) is 48.8 Å². The second-order valence-electron chi connectivity index (χ2n) is 15.0. The maximum Gasteiger partial charge on any atom is 0.143 e. The summed E-state index contributed by atoms with van der Waals surface area (Å²) in [5.74, 6) is 0. The van der Waals surface area contributed by atoms with Gasteiger partial charge >= 0.3 is 0 Å². The van der Waals surface area contributed by atoms with Crippen LogP contribution >= 0.6 is 11.3 Å². The number of furan rings is 1. The number of hydrogen-bond donors (Lipinski definition) is 0. The lowest BCUT2D eigenvalue weighted by molar-refractivity contribution is 0.661. The van der Waals surface area contributed by atoms with Crippen LogP contribution in [0.4, 0.5) is 0 Å². The SMILES string of the molecule is CC1(C)c2ccccc2-c2cc3c4ccccc4n(-c4ccc5sc6c(-c7cccc(-c8cccc9c8oc8ccccc89)c7)ncnc6c5c4)c3cc21. The van der Waals surface area contributed by atoms with Crippen LogP contribution in [0, 0.1) is 0 Å². The van der Waals surface area contributed by atoms with Crippen molar-refractivity contribution in [2.45, 2.75) is 19.3 Å². The minimum atomic E-state index is -0.0852. The molecule has 12 rings (SSSR count). The largest absolute Gasteiger partial charge is 0.455 e. The summed E-state index contributed by atoms with van der Waals surface area (Å²) in [5, 5.41) is 5.93. The fourth-order valence-corrected chi connectivity index (χ4v) is 10.3. The van der Waals surface area contributed by atoms with Crippen LogP contribution in [0.3, 0.4) is 0 Å². The van der Waals surface area contributed by atoms with E-state index in [1.807, 2.05) is 12.1 Å². The quantitative estimate of drug-likeness (QED) is 0.183. The molecule has 0 bridgehead atoms. The lowest BCUT2D eigenvalue weighted by atomic mass is 9.82. The molecule has 1 aliphatic carbocycles. The third-order valence-corrected chi connectivity index (χ3v) is 12.9. The highest BCUT2D eigenvalue weighted by Gasteiger charge is 2.36. The molecule has 0 saturated heterocycles. The highest BCUT2D eigenvalue weighted by Crippen LogP contribution is 2.51. The van der Waals surface area contributed by atoms with Crippen molar-refractivity contribution in [1.82, 2.24) is 14.5 Å². The third kappa shape index (κ3) is 4.02. The smallest absolute Gasteiger partial charge is 0.143 e. The fraction of sp³-hybridized carbons (Fsp3) is 0.0612. The Labute approximate surface area is 314 Å². The van der Waals surface area contributed by atoms with Gasteiger partial charge in [-0.25, -0.2) is 9.97 Å². The number of fused-ring (bicyclic) bond motifs is 12. The van der Waals surface area contributed by atoms with E-state index < -0.39 is 0 Å². The van der Waals surface area contributed by atoms with Crippen molar-refractivity contribution in [2.24, 2.45) is 0 Å². The Morgan fingerprint density at radius 3 is 2.28 bits per heavy atom. The summed E-state index contributed by atoms with van der Waals surface area (Å²) >= 11 is 1.76. The van der Waals surface area contributed by atoms with Gasteiger partial charge in [0.25, 0.3) is 0 Å². The lowest BCUT2D eigenvalue weighted by Gasteiger charge is -2.21. The van der Waals surface area contributed by atoms with Gasteiger partial charge in [0.1, 0.15) is 17.5 Å². The molecule has 254 valence electrons. The predicted octanol–water partition coefficient (Wildman–Crippen LogP) is 13.5. The summed E-state index contributed by atoms with van der Waals surface area (Å²) in [7, 11) is 0. The molecule has 0 saturated carbocycles. The van der Waals surface area contributed by atoms with E-state index in [2.05, 4.69) is 152 Å². The van der Waals surface area contributed by atoms with Crippen LogP contribution in [-0.4, -0.2) is 14.5 Å². The van der Waals surface area contributed by atoms with Crippen LogP contribution in [0.2, 0.25) is 0 Å². The van der Waals surface area contributed by atoms with Gasteiger partial charge in [-0.3, -0.25) is 0 Å². The van der Waals surface area contributed by atoms with Crippen LogP contribution in [0.15, 0.2) is 156 Å². The molecule has 0 aliphatic heterocycles. The monoisotopic (exact) mass is 709 g/mol. The standard InChI is InChI=1S/C49H31N3OS/c1-49(2)39-18-6-3-13-32(39)36-25-37-33-14-4-7-19-41(33)52(42(37)26-40(36)49)30-21-22-44-38(24-30)46-48(54-44)45(50-27-51-46)29-12-9-11-28(23-29)31-16-10-17-35-34-15-5-8-20-43(34)53-47(31)35/h3-27H,1-2H3. The molecule has 4 heterocycles. The van der Waals surface area contributed by atoms with Crippen LogP contribution in [0.1, 0.15) is 25.0 Å². The Hall–Kier alpha value is -6.56. The predicted molar refractivity (Wildman–Crippen MR) is 225 cm³/mol. The fourth-order valence-electron chi connectivity index (χ4n) is 9.16. The van der Waals surface area contributed by atoms with E-state index in [9.17, 15) is 0 Å². The lowest BCUT2D eigenvalue weighted by Crippen LogP contribution is -2.14. The normalized spacial score (nSPS) is 13.5. The summed E-state index contributed by atoms with van der Waals surface area (Å²) < 4.78 is 11.1. The molecule has 4 nitrogen and oxygen atoms in total. The van der Waals surface area contributed by atoms with Gasteiger partial charge < -0.3 is 8.98 Å². The number of benzene rings is 7. The van der Waals surface area contributed by atoms with E-state index in [1.54, 1.807) is 17.7 Å². The molecule has 5 heteroatoms. The second-order valence-corrected chi connectivity index (χ2v) is 16.0. The van der Waals surface area contributed by atoms with E-state index in [4.69, 9.17) is 14.4 Å². The van der Waals surface area contributed by atoms with E-state index >= 15 is 0 Å². The topological polar surface area (TPSA) is 43.9 Å². The minimum Gasteiger partial charge on any atom is -0.455 e. The average Bonchev–Trinajstić information content (AvgIpc) is 3.94.